The van der Waals surface area contributed by atoms with Gasteiger partial charge in [-0.15, -0.1) is 0 Å². The van der Waals surface area contributed by atoms with Crippen molar-refractivity contribution in [2.45, 2.75) is 13.5 Å². The Hall–Kier alpha value is -2.87. The van der Waals surface area contributed by atoms with Crippen molar-refractivity contribution in [3.05, 3.63) is 54.0 Å². The Morgan fingerprint density at radius 2 is 1.72 bits per heavy atom. The minimum Gasteiger partial charge on any atom is -0.366 e. The number of hydrogen-bond acceptors (Lipinski definition) is 5. The Morgan fingerprint density at radius 3 is 2.44 bits per heavy atom. The van der Waals surface area contributed by atoms with E-state index in [1.54, 1.807) is 6.07 Å². The molecule has 0 unspecified atom stereocenters. The summed E-state index contributed by atoms with van der Waals surface area (Å²) in [7, 11) is 2.16. The Morgan fingerprint density at radius 1 is 1.00 bits per heavy atom. The predicted octanol–water partition coefficient (Wildman–Crippen LogP) is 2.26. The highest BCUT2D eigenvalue weighted by Gasteiger charge is 2.21. The van der Waals surface area contributed by atoms with Gasteiger partial charge < -0.3 is 24.9 Å². The van der Waals surface area contributed by atoms with Gasteiger partial charge in [0.1, 0.15) is 11.6 Å². The molecule has 4 rings (SSSR count). The Balaban J connectivity index is 1.38. The van der Waals surface area contributed by atoms with E-state index in [0.29, 0.717) is 12.2 Å². The van der Waals surface area contributed by atoms with E-state index in [2.05, 4.69) is 49.9 Å². The highest BCUT2D eigenvalue weighted by Crippen LogP contribution is 2.20. The average molecular weight is 440 g/mol. The zero-order valence-electron chi connectivity index (χ0n) is 19.2. The number of nitrogens with zero attached hydrogens (tertiary/aromatic N) is 6. The van der Waals surface area contributed by atoms with Crippen LogP contribution in [0.15, 0.2) is 47.6 Å². The summed E-state index contributed by atoms with van der Waals surface area (Å²) in [4.78, 5) is 18.6. The topological polar surface area (TPSA) is 50.2 Å². The number of para-hydroxylation sites is 1. The highest BCUT2D eigenvalue weighted by molar-refractivity contribution is 5.80. The van der Waals surface area contributed by atoms with Crippen LogP contribution in [0.4, 0.5) is 15.9 Å². The van der Waals surface area contributed by atoms with Crippen molar-refractivity contribution < 1.29 is 4.39 Å². The maximum atomic E-state index is 14.1. The first kappa shape index (κ1) is 22.3. The minimum absolute atomic E-state index is 0.157. The van der Waals surface area contributed by atoms with Crippen LogP contribution in [0, 0.1) is 5.82 Å². The van der Waals surface area contributed by atoms with Crippen LogP contribution >= 0.6 is 0 Å². The summed E-state index contributed by atoms with van der Waals surface area (Å²) in [5.41, 5.74) is 1.84. The van der Waals surface area contributed by atoms with Crippen LogP contribution < -0.4 is 15.1 Å². The molecule has 2 aromatic rings. The van der Waals surface area contributed by atoms with Crippen LogP contribution in [-0.2, 0) is 6.54 Å². The molecule has 2 aliphatic rings. The number of aliphatic imine (C=N–C) groups is 1. The summed E-state index contributed by atoms with van der Waals surface area (Å²) < 4.78 is 14.1. The fourth-order valence-electron chi connectivity index (χ4n) is 4.23. The van der Waals surface area contributed by atoms with Gasteiger partial charge in [0.15, 0.2) is 5.96 Å². The number of rotatable bonds is 5. The van der Waals surface area contributed by atoms with Crippen molar-refractivity contribution in [3.8, 4) is 0 Å². The summed E-state index contributed by atoms with van der Waals surface area (Å²) in [5.74, 6) is 1.79. The third-order valence-corrected chi connectivity index (χ3v) is 6.16. The quantitative estimate of drug-likeness (QED) is 0.570. The summed E-state index contributed by atoms with van der Waals surface area (Å²) in [6.07, 6.45) is 1.89. The van der Waals surface area contributed by atoms with Gasteiger partial charge >= 0.3 is 0 Å². The Bertz CT molecular complexity index is 903. The molecule has 7 nitrogen and oxygen atoms in total. The first-order valence-electron chi connectivity index (χ1n) is 11.5. The largest absolute Gasteiger partial charge is 0.366 e. The Kier molecular flexibility index (Phi) is 7.42. The van der Waals surface area contributed by atoms with Crippen molar-refractivity contribution in [1.29, 1.82) is 0 Å². The van der Waals surface area contributed by atoms with Crippen molar-refractivity contribution in [2.24, 2.45) is 4.99 Å². The van der Waals surface area contributed by atoms with Gasteiger partial charge in [0.25, 0.3) is 0 Å². The lowest BCUT2D eigenvalue weighted by atomic mass is 10.2. The lowest BCUT2D eigenvalue weighted by Gasteiger charge is -2.37. The molecule has 32 heavy (non-hydrogen) atoms. The van der Waals surface area contributed by atoms with E-state index in [1.165, 1.54) is 6.07 Å². The zero-order chi connectivity index (χ0) is 22.3. The van der Waals surface area contributed by atoms with E-state index in [9.17, 15) is 4.39 Å². The zero-order valence-corrected chi connectivity index (χ0v) is 19.2. The van der Waals surface area contributed by atoms with Crippen LogP contribution in [0.1, 0.15) is 12.5 Å². The highest BCUT2D eigenvalue weighted by atomic mass is 19.1. The Labute approximate surface area is 190 Å². The molecule has 1 aromatic carbocycles. The predicted molar refractivity (Wildman–Crippen MR) is 129 cm³/mol. The van der Waals surface area contributed by atoms with Crippen LogP contribution in [0.5, 0.6) is 0 Å². The second-order valence-corrected chi connectivity index (χ2v) is 8.41. The number of piperazine rings is 2. The number of halogens is 1. The van der Waals surface area contributed by atoms with Crippen LogP contribution in [0.2, 0.25) is 0 Å². The molecule has 0 bridgehead atoms. The number of pyridine rings is 1. The SMILES string of the molecule is CCNC(=NCc1ccnc(N2CCN(C)CC2)c1)N1CCN(c2ccccc2F)CC1. The molecule has 172 valence electrons. The molecule has 0 spiro atoms. The number of nitrogens with one attached hydrogen (secondary N) is 1. The van der Waals surface area contributed by atoms with Gasteiger partial charge in [0.2, 0.25) is 0 Å². The van der Waals surface area contributed by atoms with E-state index in [0.717, 1.165) is 76.2 Å². The normalized spacial score (nSPS) is 18.2. The van der Waals surface area contributed by atoms with Gasteiger partial charge in [0, 0.05) is 65.1 Å². The molecule has 0 atom stereocenters. The summed E-state index contributed by atoms with van der Waals surface area (Å²) in [6, 6.07) is 11.2. The molecule has 0 amide bonds. The lowest BCUT2D eigenvalue weighted by Crippen LogP contribution is -2.52. The van der Waals surface area contributed by atoms with Gasteiger partial charge in [-0.1, -0.05) is 12.1 Å². The number of benzene rings is 1. The molecule has 1 N–H and O–H groups in total. The molecule has 0 radical (unpaired) electrons. The monoisotopic (exact) mass is 439 g/mol. The molecule has 8 heteroatoms. The number of guanidine groups is 1. The van der Waals surface area contributed by atoms with Gasteiger partial charge in [-0.2, -0.15) is 0 Å². The van der Waals surface area contributed by atoms with Gasteiger partial charge in [-0.25, -0.2) is 14.4 Å². The maximum Gasteiger partial charge on any atom is 0.194 e. The maximum absolute atomic E-state index is 14.1. The average Bonchev–Trinajstić information content (AvgIpc) is 2.83. The standard InChI is InChI=1S/C24H34FN7/c1-3-26-24(32-16-14-30(15-17-32)22-7-5-4-6-21(22)25)28-19-20-8-9-27-23(18-20)31-12-10-29(2)11-13-31/h4-9,18H,3,10-17,19H2,1-2H3,(H,26,28). The number of likely N-dealkylation sites (N-methyl/N-ethyl adjacent to an activating group) is 1. The summed E-state index contributed by atoms with van der Waals surface area (Å²) in [6.45, 7) is 10.8. The fourth-order valence-corrected chi connectivity index (χ4v) is 4.23. The molecular formula is C24H34FN7. The molecule has 0 saturated carbocycles. The van der Waals surface area contributed by atoms with Crippen LogP contribution in [0.25, 0.3) is 0 Å². The van der Waals surface area contributed by atoms with Crippen molar-refractivity contribution >= 4 is 17.5 Å². The van der Waals surface area contributed by atoms with Crippen molar-refractivity contribution in [2.75, 3.05) is 75.8 Å². The first-order valence-corrected chi connectivity index (χ1v) is 11.5. The second-order valence-electron chi connectivity index (χ2n) is 8.41. The molecule has 2 saturated heterocycles. The smallest absolute Gasteiger partial charge is 0.194 e. The van der Waals surface area contributed by atoms with Crippen LogP contribution in [0.3, 0.4) is 0 Å². The molecule has 0 aliphatic carbocycles. The third-order valence-electron chi connectivity index (χ3n) is 6.16. The number of anilines is 2. The second kappa shape index (κ2) is 10.6. The fraction of sp³-hybridized carbons (Fsp3) is 0.500. The van der Waals surface area contributed by atoms with E-state index in [4.69, 9.17) is 4.99 Å². The summed E-state index contributed by atoms with van der Waals surface area (Å²) in [5, 5.41) is 3.42. The minimum atomic E-state index is -0.157. The third kappa shape index (κ3) is 5.48. The number of aromatic nitrogens is 1. The summed E-state index contributed by atoms with van der Waals surface area (Å²) >= 11 is 0. The van der Waals surface area contributed by atoms with Gasteiger partial charge in [-0.3, -0.25) is 0 Å². The molecule has 2 fully saturated rings. The molecule has 1 aromatic heterocycles. The molecule has 3 heterocycles. The van der Waals surface area contributed by atoms with E-state index in [-0.39, 0.29) is 5.82 Å². The molecular weight excluding hydrogens is 405 g/mol. The molecule has 2 aliphatic heterocycles. The van der Waals surface area contributed by atoms with E-state index in [1.807, 2.05) is 24.4 Å². The lowest BCUT2D eigenvalue weighted by molar-refractivity contribution is 0.312. The van der Waals surface area contributed by atoms with Gasteiger partial charge in [-0.05, 0) is 43.8 Å². The number of hydrogen-bond donors (Lipinski definition) is 1. The van der Waals surface area contributed by atoms with Gasteiger partial charge in [0.05, 0.1) is 12.2 Å². The first-order chi connectivity index (χ1) is 15.6. The van der Waals surface area contributed by atoms with Crippen molar-refractivity contribution in [3.63, 3.8) is 0 Å². The van der Waals surface area contributed by atoms with E-state index < -0.39 is 0 Å². The van der Waals surface area contributed by atoms with Crippen molar-refractivity contribution in [1.82, 2.24) is 20.1 Å². The van der Waals surface area contributed by atoms with E-state index >= 15 is 0 Å². The van der Waals surface area contributed by atoms with Crippen LogP contribution in [-0.4, -0.2) is 86.7 Å².